The second-order valence-electron chi connectivity index (χ2n) is 12.5. The summed E-state index contributed by atoms with van der Waals surface area (Å²) in [7, 11) is 0. The van der Waals surface area contributed by atoms with Gasteiger partial charge in [-0.3, -0.25) is 19.2 Å². The number of nitrogens with one attached hydrogen (secondary N) is 4. The maximum Gasteiger partial charge on any atom is 0.303 e. The van der Waals surface area contributed by atoms with Gasteiger partial charge in [-0.05, 0) is 61.4 Å². The molecule has 5 rings (SSSR count). The molecule has 12 heteroatoms. The van der Waals surface area contributed by atoms with Crippen LogP contribution in [0.1, 0.15) is 77.8 Å². The van der Waals surface area contributed by atoms with E-state index in [0.717, 1.165) is 50.7 Å². The number of amides is 2. The summed E-state index contributed by atoms with van der Waals surface area (Å²) in [5, 5.41) is 37.0. The van der Waals surface area contributed by atoms with Crippen LogP contribution in [0.3, 0.4) is 0 Å². The Morgan fingerprint density at radius 3 is 2.13 bits per heavy atom. The predicted molar refractivity (Wildman–Crippen MR) is 170 cm³/mol. The van der Waals surface area contributed by atoms with Crippen molar-refractivity contribution in [1.82, 2.24) is 20.6 Å². The Labute approximate surface area is 266 Å². The summed E-state index contributed by atoms with van der Waals surface area (Å²) < 4.78 is 0. The standard InChI is InChI=1S/C33H42N4O7S/c1-6-18-14(2)22(36-33(18)44)11-21-15(3)19(7-9-26(38)39)23(34-21)12-24-20(8-10-27(40)41)16(4)29(35-24)31(42)30-28(25-13-45-25)17(5)32(43)37-30/h6,17,22,25,28,30-31,34-35,42H,1,7-13H2,2-5H3,(H,36,44)(H,37,43)(H,38,39)(H,40,41)/t17-,22-,25+,28+,30?,31+/m1/s1. The first kappa shape index (κ1) is 32.6. The van der Waals surface area contributed by atoms with Gasteiger partial charge in [0.1, 0.15) is 6.10 Å². The Balaban J connectivity index is 1.50. The minimum atomic E-state index is -1.00. The number of hydrogen-bond donors (Lipinski definition) is 7. The Morgan fingerprint density at radius 1 is 0.978 bits per heavy atom. The summed E-state index contributed by atoms with van der Waals surface area (Å²) in [5.74, 6) is -1.38. The molecule has 7 N–H and O–H groups in total. The molecular weight excluding hydrogens is 596 g/mol. The van der Waals surface area contributed by atoms with E-state index in [9.17, 15) is 34.5 Å². The monoisotopic (exact) mass is 638 g/mol. The summed E-state index contributed by atoms with van der Waals surface area (Å²) in [6, 6.07) is -0.695. The van der Waals surface area contributed by atoms with E-state index in [2.05, 4.69) is 27.2 Å². The third-order valence-electron chi connectivity index (χ3n) is 9.86. The van der Waals surface area contributed by atoms with Crippen molar-refractivity contribution in [2.24, 2.45) is 11.8 Å². The largest absolute Gasteiger partial charge is 0.481 e. The summed E-state index contributed by atoms with van der Waals surface area (Å²) in [6.45, 7) is 11.3. The molecule has 2 aromatic heterocycles. The van der Waals surface area contributed by atoms with Crippen LogP contribution in [0, 0.1) is 25.7 Å². The molecule has 0 spiro atoms. The molecule has 2 fully saturated rings. The van der Waals surface area contributed by atoms with Crippen LogP contribution in [0.25, 0.3) is 0 Å². The SMILES string of the molecule is C=CC1=C(C)[C@@H](Cc2[nH]c(Cc3[nH]c([C@H](O)C4NC(=O)[C@H](C)[C@H]4[C@@H]4CS4)c(C)c3CCC(=O)O)c(CCC(=O)O)c2C)NC1=O. The smallest absolute Gasteiger partial charge is 0.303 e. The zero-order chi connectivity index (χ0) is 32.7. The van der Waals surface area contributed by atoms with E-state index in [1.165, 1.54) is 0 Å². The van der Waals surface area contributed by atoms with Crippen LogP contribution in [-0.2, 0) is 44.9 Å². The quantitative estimate of drug-likeness (QED) is 0.154. The molecule has 3 aliphatic rings. The fraction of sp³-hybridized carbons (Fsp3) is 0.515. The minimum Gasteiger partial charge on any atom is -0.481 e. The number of aromatic amines is 2. The van der Waals surface area contributed by atoms with Gasteiger partial charge in [-0.15, -0.1) is 0 Å². The number of hydrogen-bond acceptors (Lipinski definition) is 6. The number of H-pyrrole nitrogens is 2. The minimum absolute atomic E-state index is 0.0162. The maximum atomic E-state index is 12.6. The summed E-state index contributed by atoms with van der Waals surface area (Å²) in [6.07, 6.45) is 1.74. The van der Waals surface area contributed by atoms with E-state index in [1.54, 1.807) is 17.8 Å². The number of aliphatic hydroxyl groups is 1. The van der Waals surface area contributed by atoms with Crippen LogP contribution in [0.5, 0.6) is 0 Å². The molecule has 0 aliphatic carbocycles. The highest BCUT2D eigenvalue weighted by molar-refractivity contribution is 8.06. The molecule has 0 aromatic carbocycles. The number of aliphatic carboxylic acids is 2. The molecule has 0 saturated carbocycles. The number of carboxylic acids is 2. The topological polar surface area (TPSA) is 185 Å². The van der Waals surface area contributed by atoms with Gasteiger partial charge in [0, 0.05) is 76.9 Å². The molecule has 0 bridgehead atoms. The van der Waals surface area contributed by atoms with E-state index < -0.39 is 24.1 Å². The van der Waals surface area contributed by atoms with Crippen molar-refractivity contribution in [2.45, 2.75) is 89.7 Å². The van der Waals surface area contributed by atoms with Gasteiger partial charge in [-0.25, -0.2) is 0 Å². The fourth-order valence-electron chi connectivity index (χ4n) is 7.15. The zero-order valence-corrected chi connectivity index (χ0v) is 26.9. The van der Waals surface area contributed by atoms with Gasteiger partial charge < -0.3 is 35.9 Å². The number of thioether (sulfide) groups is 1. The van der Waals surface area contributed by atoms with E-state index in [-0.39, 0.29) is 49.0 Å². The molecule has 0 radical (unpaired) electrons. The number of carbonyl (C=O) groups excluding carboxylic acids is 2. The molecule has 5 heterocycles. The highest BCUT2D eigenvalue weighted by atomic mass is 32.2. The zero-order valence-electron chi connectivity index (χ0n) is 26.1. The van der Waals surface area contributed by atoms with Crippen molar-refractivity contribution in [1.29, 1.82) is 0 Å². The number of aromatic nitrogens is 2. The molecule has 11 nitrogen and oxygen atoms in total. The molecule has 2 aromatic rings. The van der Waals surface area contributed by atoms with Crippen LogP contribution in [0.2, 0.25) is 0 Å². The van der Waals surface area contributed by atoms with Gasteiger partial charge in [0.05, 0.1) is 12.1 Å². The number of carboxylic acid groups (broad SMARTS) is 2. The van der Waals surface area contributed by atoms with Crippen LogP contribution < -0.4 is 10.6 Å². The molecular formula is C33H42N4O7S. The summed E-state index contributed by atoms with van der Waals surface area (Å²) in [5.41, 5.74) is 7.75. The second-order valence-corrected chi connectivity index (χ2v) is 13.8. The molecule has 2 amide bonds. The van der Waals surface area contributed by atoms with Crippen LogP contribution >= 0.6 is 11.8 Å². The van der Waals surface area contributed by atoms with E-state index in [4.69, 9.17) is 0 Å². The Kier molecular flexibility index (Phi) is 9.36. The maximum absolute atomic E-state index is 12.6. The highest BCUT2D eigenvalue weighted by Crippen LogP contribution is 2.47. The Hall–Kier alpha value is -3.77. The second kappa shape index (κ2) is 12.9. The first-order chi connectivity index (χ1) is 21.3. The third kappa shape index (κ3) is 6.48. The Bertz CT molecular complexity index is 1580. The third-order valence-corrected chi connectivity index (χ3v) is 10.9. The molecule has 242 valence electrons. The van der Waals surface area contributed by atoms with E-state index in [1.807, 2.05) is 27.7 Å². The lowest BCUT2D eigenvalue weighted by molar-refractivity contribution is -0.138. The molecule has 2 saturated heterocycles. The summed E-state index contributed by atoms with van der Waals surface area (Å²) >= 11 is 1.78. The molecule has 45 heavy (non-hydrogen) atoms. The van der Waals surface area contributed by atoms with Gasteiger partial charge in [-0.1, -0.05) is 19.6 Å². The first-order valence-corrected chi connectivity index (χ1v) is 16.4. The van der Waals surface area contributed by atoms with Crippen LogP contribution in [0.4, 0.5) is 0 Å². The van der Waals surface area contributed by atoms with Gasteiger partial charge >= 0.3 is 11.9 Å². The van der Waals surface area contributed by atoms with Crippen LogP contribution in [0.15, 0.2) is 23.8 Å². The fourth-order valence-corrected chi connectivity index (χ4v) is 8.11. The molecule has 3 aliphatic heterocycles. The lowest BCUT2D eigenvalue weighted by Crippen LogP contribution is -2.37. The normalized spacial score (nSPS) is 25.0. The number of carbonyl (C=O) groups is 4. The number of aliphatic hydroxyl groups excluding tert-OH is 1. The predicted octanol–water partition coefficient (Wildman–Crippen LogP) is 3.03. The van der Waals surface area contributed by atoms with Crippen LogP contribution in [-0.4, -0.2) is 72.1 Å². The van der Waals surface area contributed by atoms with Crippen molar-refractivity contribution in [3.63, 3.8) is 0 Å². The van der Waals surface area contributed by atoms with E-state index >= 15 is 0 Å². The van der Waals surface area contributed by atoms with Crippen molar-refractivity contribution < 1.29 is 34.5 Å². The van der Waals surface area contributed by atoms with Crippen molar-refractivity contribution in [3.05, 3.63) is 68.8 Å². The van der Waals surface area contributed by atoms with Crippen molar-refractivity contribution >= 4 is 35.5 Å². The van der Waals surface area contributed by atoms with E-state index in [0.29, 0.717) is 35.8 Å². The van der Waals surface area contributed by atoms with Gasteiger partial charge in [0.2, 0.25) is 5.91 Å². The average molecular weight is 639 g/mol. The van der Waals surface area contributed by atoms with Gasteiger partial charge in [0.25, 0.3) is 5.91 Å². The lowest BCUT2D eigenvalue weighted by atomic mass is 9.85. The molecule has 6 atom stereocenters. The highest BCUT2D eigenvalue weighted by Gasteiger charge is 2.51. The van der Waals surface area contributed by atoms with Crippen molar-refractivity contribution in [3.8, 4) is 0 Å². The first-order valence-electron chi connectivity index (χ1n) is 15.4. The molecule has 1 unspecified atom stereocenters. The Morgan fingerprint density at radius 2 is 1.58 bits per heavy atom. The van der Waals surface area contributed by atoms with Crippen molar-refractivity contribution in [2.75, 3.05) is 5.75 Å². The lowest BCUT2D eigenvalue weighted by Gasteiger charge is -2.25. The van der Waals surface area contributed by atoms with Gasteiger partial charge in [0.15, 0.2) is 0 Å². The van der Waals surface area contributed by atoms with Gasteiger partial charge in [-0.2, -0.15) is 11.8 Å². The number of rotatable bonds is 14. The average Bonchev–Trinajstić information content (AvgIpc) is 3.54. The summed E-state index contributed by atoms with van der Waals surface area (Å²) in [4.78, 5) is 55.1.